The summed E-state index contributed by atoms with van der Waals surface area (Å²) in [5.74, 6) is 5.07. The number of hydrogen-bond donors (Lipinski definition) is 0. The molecule has 0 aliphatic carbocycles. The molecule has 0 radical (unpaired) electrons. The minimum Gasteiger partial charge on any atom is -0.358 e. The SMILES string of the molecule is c1ccc2c(c1)B1N(c3ccc(-c4cccc5c4sc4ccccc45)cc3-2)c2nccc3c4ccccc4n1c23.c1ccc2c(c1)B1N(c3ccc(-n4c5ccccc5c5ccccc54)cc3-2)c2nccc3c4ccccc4n1c23.c1ccc2c(c1)B1N(c3ccccc3-2)c2nc(-n3c4ccccc4c4ccccc43)cc3c4ccccc4n1c23.c1ccc2c(c1)B1N(c3ccccc3-2)c2nccc3c4ccccc4n1c23. The first-order valence-corrected chi connectivity index (χ1v) is 51.3. The Labute approximate surface area is 846 Å². The normalized spacial score (nSPS) is 13.5. The first-order chi connectivity index (χ1) is 73.1. The molecule has 0 fully saturated rings. The standard InChI is InChI=1S/2C35H21BN4.C35H20BN3S.C23H14BN3/c1-6-16-28-22(11-1)23-12-4-10-20-32(23)40-35-34-27(26-15-5-9-19-31(26)39(34)36(28)40)21-33(37-35)38-29-17-7-2-13-24(29)25-14-3-8-18-30(25)38;1-5-13-29-23(9-1)28-21-22(38-30-14-6-2-10-24(30)25-11-3-7-15-31(25)38)17-18-33(28)40-35-34-27(19-20-37-35)26-12-4-8-16-32(26)39(34)36(29)40;1-4-13-29-23(8-1)28-20-21(22-11-7-12-27-25-10-3-6-15-32(25)40-34(22)27)16-17-31(28)39-35-33-26(18-19-37-35)24-9-2-5-14-30(24)38(33)36(29)39;1-4-10-19-15(7-1)16-8-2-6-12-21(16)27-23-22-18(13-14-25-23)17-9-3-5-11-20(17)26(22)24(19)27/h2*1-21H;1-20H;1-14H. The van der Waals surface area contributed by atoms with Crippen molar-refractivity contribution in [2.45, 2.75) is 0 Å². The summed E-state index contributed by atoms with van der Waals surface area (Å²) in [6, 6.07) is 161. The van der Waals surface area contributed by atoms with E-state index in [-0.39, 0.29) is 27.9 Å². The third kappa shape index (κ3) is 10.6. The van der Waals surface area contributed by atoms with Crippen molar-refractivity contribution in [3.05, 3.63) is 461 Å². The number of aromatic nitrogens is 10. The highest BCUT2D eigenvalue weighted by Gasteiger charge is 2.51. The quantitative estimate of drug-likeness (QED) is 0.162. The molecule has 0 N–H and O–H groups in total. The van der Waals surface area contributed by atoms with E-state index in [0.717, 1.165) is 29.1 Å². The molecule has 29 aromatic rings. The monoisotopic (exact) mass is 1880 g/mol. The second-order valence-corrected chi connectivity index (χ2v) is 40.7. The summed E-state index contributed by atoms with van der Waals surface area (Å²) >= 11 is 1.89. The maximum atomic E-state index is 5.53. The van der Waals surface area contributed by atoms with Gasteiger partial charge in [0.05, 0.1) is 44.1 Å². The van der Waals surface area contributed by atoms with Crippen LogP contribution in [0.15, 0.2) is 461 Å². The molecule has 37 rings (SSSR count). The van der Waals surface area contributed by atoms with Gasteiger partial charge in [-0.25, -0.2) is 19.9 Å². The number of pyridine rings is 4. The lowest BCUT2D eigenvalue weighted by Crippen LogP contribution is -2.51. The Hall–Kier alpha value is -19.0. The maximum absolute atomic E-state index is 5.53. The first-order valence-electron chi connectivity index (χ1n) is 50.5. The number of rotatable bonds is 3. The molecular formula is C128H76B4N14S. The average Bonchev–Trinajstić information content (AvgIpc) is 1.54. The Morgan fingerprint density at radius 1 is 0.197 bits per heavy atom. The smallest absolute Gasteiger partial charge is 0.358 e. The third-order valence-electron chi connectivity index (χ3n) is 32.6. The molecule has 18 aromatic carbocycles. The van der Waals surface area contributed by atoms with E-state index in [4.69, 9.17) is 19.9 Å². The molecule has 0 saturated carbocycles. The fraction of sp³-hybridized carbons (Fsp3) is 0. The lowest BCUT2D eigenvalue weighted by Gasteiger charge is -2.34. The Kier molecular flexibility index (Phi) is 16.2. The summed E-state index contributed by atoms with van der Waals surface area (Å²) < 4.78 is 17.4. The van der Waals surface area contributed by atoms with E-state index in [1.807, 2.05) is 29.9 Å². The first kappa shape index (κ1) is 79.7. The largest absolute Gasteiger partial charge is 0.422 e. The second-order valence-electron chi connectivity index (χ2n) is 39.7. The lowest BCUT2D eigenvalue weighted by atomic mass is 9.60. The van der Waals surface area contributed by atoms with Crippen molar-refractivity contribution in [3.8, 4) is 67.1 Å². The van der Waals surface area contributed by atoms with Crippen molar-refractivity contribution in [2.24, 2.45) is 0 Å². The third-order valence-corrected chi connectivity index (χ3v) is 33.8. The fourth-order valence-electron chi connectivity index (χ4n) is 26.9. The molecule has 0 unspecified atom stereocenters. The Balaban J connectivity index is 0.0000000848. The average molecular weight is 1890 g/mol. The van der Waals surface area contributed by atoms with Crippen molar-refractivity contribution < 1.29 is 0 Å². The highest BCUT2D eigenvalue weighted by molar-refractivity contribution is 7.26. The van der Waals surface area contributed by atoms with Crippen LogP contribution < -0.4 is 41.1 Å². The van der Waals surface area contributed by atoms with E-state index < -0.39 is 0 Å². The van der Waals surface area contributed by atoms with Gasteiger partial charge in [-0.3, -0.25) is 4.57 Å². The van der Waals surface area contributed by atoms with E-state index in [1.54, 1.807) is 0 Å². The van der Waals surface area contributed by atoms with Gasteiger partial charge in [0.1, 0.15) is 29.1 Å². The molecule has 0 bridgehead atoms. The van der Waals surface area contributed by atoms with Gasteiger partial charge in [-0.05, 0) is 177 Å². The van der Waals surface area contributed by atoms with E-state index >= 15 is 0 Å². The summed E-state index contributed by atoms with van der Waals surface area (Å²) in [4.78, 5) is 30.1. The van der Waals surface area contributed by atoms with Crippen molar-refractivity contribution in [2.75, 3.05) is 19.2 Å². The van der Waals surface area contributed by atoms with Crippen molar-refractivity contribution in [1.29, 1.82) is 0 Å². The number of thiophene rings is 1. The van der Waals surface area contributed by atoms with Crippen molar-refractivity contribution in [1.82, 2.24) is 47.0 Å². The minimum absolute atomic E-state index is 0.00407. The van der Waals surface area contributed by atoms with Gasteiger partial charge in [0.25, 0.3) is 0 Å². The Bertz CT molecular complexity index is 10800. The molecule has 147 heavy (non-hydrogen) atoms. The van der Waals surface area contributed by atoms with Crippen LogP contribution in [0.1, 0.15) is 0 Å². The van der Waals surface area contributed by atoms with Gasteiger partial charge < -0.3 is 41.7 Å². The second kappa shape index (κ2) is 29.8. The predicted molar refractivity (Wildman–Crippen MR) is 615 cm³/mol. The summed E-state index contributed by atoms with van der Waals surface area (Å²) in [6.07, 6.45) is 5.87. The van der Waals surface area contributed by atoms with Crippen LogP contribution in [0, 0.1) is 0 Å². The van der Waals surface area contributed by atoms with Crippen LogP contribution in [0.2, 0.25) is 0 Å². The highest BCUT2D eigenvalue weighted by atomic mass is 32.1. The molecule has 8 aliphatic heterocycles. The lowest BCUT2D eigenvalue weighted by molar-refractivity contribution is 1.08. The van der Waals surface area contributed by atoms with Gasteiger partial charge in [0, 0.05) is 176 Å². The molecule has 0 saturated heterocycles. The fourth-order valence-corrected chi connectivity index (χ4v) is 28.1. The van der Waals surface area contributed by atoms with Crippen LogP contribution in [0.4, 0.5) is 46.0 Å². The van der Waals surface area contributed by atoms with Gasteiger partial charge in [0.2, 0.25) is 0 Å². The molecular weight excluding hydrogens is 1810 g/mol. The summed E-state index contributed by atoms with van der Waals surface area (Å²) in [5, 5.41) is 17.9. The molecule has 0 spiro atoms. The number of anilines is 8. The molecule has 19 heterocycles. The summed E-state index contributed by atoms with van der Waals surface area (Å²) in [6.45, 7) is 0.163. The molecule has 676 valence electrons. The van der Waals surface area contributed by atoms with E-state index in [0.29, 0.717) is 0 Å². The van der Waals surface area contributed by atoms with Crippen molar-refractivity contribution in [3.63, 3.8) is 0 Å². The van der Waals surface area contributed by atoms with E-state index in [2.05, 4.69) is 489 Å². The van der Waals surface area contributed by atoms with Crippen LogP contribution in [0.3, 0.4) is 0 Å². The zero-order valence-electron chi connectivity index (χ0n) is 78.9. The highest BCUT2D eigenvalue weighted by Crippen LogP contribution is 2.56. The number of benzene rings is 18. The minimum atomic E-state index is 0.00407. The van der Waals surface area contributed by atoms with Gasteiger partial charge in [-0.1, -0.05) is 322 Å². The number of fused-ring (bicyclic) bond motifs is 53. The van der Waals surface area contributed by atoms with Crippen LogP contribution in [0.25, 0.3) is 218 Å². The zero-order valence-corrected chi connectivity index (χ0v) is 79.7. The molecule has 11 aromatic heterocycles. The van der Waals surface area contributed by atoms with E-state index in [9.17, 15) is 0 Å². The molecule has 0 amide bonds. The number of hydrogen-bond acceptors (Lipinski definition) is 9. The Morgan fingerprint density at radius 2 is 0.503 bits per heavy atom. The van der Waals surface area contributed by atoms with Crippen LogP contribution in [0.5, 0.6) is 0 Å². The molecule has 0 atom stereocenters. The number of nitrogens with zero attached hydrogens (tertiary/aromatic N) is 14. The molecule has 14 nitrogen and oxygen atoms in total. The van der Waals surface area contributed by atoms with Gasteiger partial charge in [0.15, 0.2) is 0 Å². The predicted octanol–water partition coefficient (Wildman–Crippen LogP) is 28.5. The van der Waals surface area contributed by atoms with Gasteiger partial charge >= 0.3 is 27.9 Å². The van der Waals surface area contributed by atoms with Crippen LogP contribution in [-0.2, 0) is 0 Å². The van der Waals surface area contributed by atoms with Crippen LogP contribution >= 0.6 is 11.3 Å². The summed E-state index contributed by atoms with van der Waals surface area (Å²) in [5.41, 5.74) is 38.7. The van der Waals surface area contributed by atoms with Gasteiger partial charge in [-0.2, -0.15) is 0 Å². The summed E-state index contributed by atoms with van der Waals surface area (Å²) in [7, 11) is 0. The van der Waals surface area contributed by atoms with Crippen molar-refractivity contribution >= 4 is 258 Å². The van der Waals surface area contributed by atoms with Gasteiger partial charge in [-0.15, -0.1) is 11.3 Å². The molecule has 8 aliphatic rings. The number of para-hydroxylation sites is 10. The van der Waals surface area contributed by atoms with E-state index in [1.165, 1.54) is 257 Å². The topological polar surface area (TPSA) is 94.1 Å². The molecule has 19 heteroatoms. The Morgan fingerprint density at radius 3 is 0.939 bits per heavy atom. The maximum Gasteiger partial charge on any atom is 0.422 e. The van der Waals surface area contributed by atoms with Crippen LogP contribution in [-0.4, -0.2) is 74.9 Å². The zero-order chi connectivity index (χ0) is 95.4.